The lowest BCUT2D eigenvalue weighted by Gasteiger charge is -2.22. The van der Waals surface area contributed by atoms with Crippen LogP contribution in [0.4, 0.5) is 4.79 Å². The molecule has 1 aromatic rings. The molecule has 10 heteroatoms. The molecule has 0 fully saturated rings. The van der Waals surface area contributed by atoms with Crippen LogP contribution >= 0.6 is 12.6 Å². The highest BCUT2D eigenvalue weighted by Gasteiger charge is 2.27. The molecule has 1 rings (SSSR count). The zero-order valence-corrected chi connectivity index (χ0v) is 19.2. The van der Waals surface area contributed by atoms with Crippen LogP contribution < -0.4 is 16.0 Å². The van der Waals surface area contributed by atoms with Gasteiger partial charge in [-0.3, -0.25) is 9.59 Å². The van der Waals surface area contributed by atoms with Gasteiger partial charge in [0, 0.05) is 12.2 Å². The molecule has 0 bridgehead atoms. The number of alkyl carbamates (subject to hydrolysis) is 1. The van der Waals surface area contributed by atoms with Crippen LogP contribution in [0.3, 0.4) is 0 Å². The van der Waals surface area contributed by atoms with E-state index in [1.54, 1.807) is 27.7 Å². The third kappa shape index (κ3) is 10.7. The number of esters is 1. The molecule has 0 aliphatic rings. The Morgan fingerprint density at radius 2 is 1.68 bits per heavy atom. The topological polar surface area (TPSA) is 123 Å². The summed E-state index contributed by atoms with van der Waals surface area (Å²) in [4.78, 5) is 48.7. The summed E-state index contributed by atoms with van der Waals surface area (Å²) in [6.45, 7) is 6.56. The van der Waals surface area contributed by atoms with E-state index in [0.717, 1.165) is 5.56 Å². The van der Waals surface area contributed by atoms with Crippen molar-refractivity contribution in [3.63, 3.8) is 0 Å². The third-order valence-corrected chi connectivity index (χ3v) is 4.16. The molecule has 0 radical (unpaired) electrons. The van der Waals surface area contributed by atoms with Gasteiger partial charge in [-0.1, -0.05) is 30.3 Å². The van der Waals surface area contributed by atoms with Gasteiger partial charge in [-0.25, -0.2) is 9.59 Å². The maximum Gasteiger partial charge on any atom is 0.408 e. The number of hydrogen-bond donors (Lipinski definition) is 4. The molecule has 0 heterocycles. The molecule has 0 aromatic heterocycles. The Balaban J connectivity index is 2.68. The largest absolute Gasteiger partial charge is 0.464 e. The molecule has 0 aliphatic carbocycles. The SMILES string of the molecule is CCOC(=O)[C@H](Cc1ccccc1)NC(=O)[C@H](CS)NC(=O)CNC(=O)OC(C)(C)C. The van der Waals surface area contributed by atoms with Crippen molar-refractivity contribution >= 4 is 36.5 Å². The van der Waals surface area contributed by atoms with Gasteiger partial charge in [0.25, 0.3) is 0 Å². The molecule has 3 N–H and O–H groups in total. The summed E-state index contributed by atoms with van der Waals surface area (Å²) in [5.74, 6) is -1.77. The van der Waals surface area contributed by atoms with Crippen LogP contribution in [-0.4, -0.2) is 60.5 Å². The summed E-state index contributed by atoms with van der Waals surface area (Å²) < 4.78 is 10.1. The van der Waals surface area contributed by atoms with Gasteiger partial charge in [0.2, 0.25) is 11.8 Å². The Kier molecular flexibility index (Phi) is 10.9. The molecule has 1 aromatic carbocycles. The minimum absolute atomic E-state index is 0.00903. The Bertz CT molecular complexity index is 751. The number of carbonyl (C=O) groups is 4. The average molecular weight is 454 g/mol. The molecule has 31 heavy (non-hydrogen) atoms. The van der Waals surface area contributed by atoms with Gasteiger partial charge in [-0.2, -0.15) is 12.6 Å². The van der Waals surface area contributed by atoms with E-state index in [-0.39, 0.29) is 25.3 Å². The van der Waals surface area contributed by atoms with Crippen LogP contribution in [-0.2, 0) is 30.3 Å². The van der Waals surface area contributed by atoms with Gasteiger partial charge in [0.15, 0.2) is 0 Å². The fraction of sp³-hybridized carbons (Fsp3) is 0.524. The first-order chi connectivity index (χ1) is 14.6. The average Bonchev–Trinajstić information content (AvgIpc) is 2.69. The molecule has 0 saturated heterocycles. The van der Waals surface area contributed by atoms with Gasteiger partial charge < -0.3 is 25.4 Å². The number of rotatable bonds is 10. The van der Waals surface area contributed by atoms with Crippen molar-refractivity contribution < 1.29 is 28.7 Å². The third-order valence-electron chi connectivity index (χ3n) is 3.80. The summed E-state index contributed by atoms with van der Waals surface area (Å²) in [5.41, 5.74) is 0.142. The lowest BCUT2D eigenvalue weighted by atomic mass is 10.1. The zero-order valence-electron chi connectivity index (χ0n) is 18.3. The first-order valence-electron chi connectivity index (χ1n) is 9.93. The van der Waals surface area contributed by atoms with E-state index in [1.807, 2.05) is 30.3 Å². The highest BCUT2D eigenvalue weighted by atomic mass is 32.1. The van der Waals surface area contributed by atoms with Crippen molar-refractivity contribution in [2.75, 3.05) is 18.9 Å². The minimum Gasteiger partial charge on any atom is -0.464 e. The van der Waals surface area contributed by atoms with Crippen LogP contribution in [0, 0.1) is 0 Å². The number of hydrogen-bond acceptors (Lipinski definition) is 7. The maximum absolute atomic E-state index is 12.7. The van der Waals surface area contributed by atoms with Crippen molar-refractivity contribution in [3.8, 4) is 0 Å². The molecule has 9 nitrogen and oxygen atoms in total. The summed E-state index contributed by atoms with van der Waals surface area (Å²) in [6.07, 6.45) is -0.515. The fourth-order valence-corrected chi connectivity index (χ4v) is 2.72. The van der Waals surface area contributed by atoms with Crippen LogP contribution in [0.5, 0.6) is 0 Å². The van der Waals surface area contributed by atoms with Gasteiger partial charge in [-0.05, 0) is 33.3 Å². The molecule has 0 saturated carbocycles. The number of thiol groups is 1. The lowest BCUT2D eigenvalue weighted by molar-refractivity contribution is -0.147. The van der Waals surface area contributed by atoms with Crippen molar-refractivity contribution in [2.45, 2.75) is 51.8 Å². The maximum atomic E-state index is 12.7. The second-order valence-corrected chi connectivity index (χ2v) is 8.03. The molecular weight excluding hydrogens is 422 g/mol. The first-order valence-corrected chi connectivity index (χ1v) is 10.6. The summed E-state index contributed by atoms with van der Waals surface area (Å²) in [7, 11) is 0. The predicted octanol–water partition coefficient (Wildman–Crippen LogP) is 1.22. The van der Waals surface area contributed by atoms with Crippen LogP contribution in [0.25, 0.3) is 0 Å². The molecule has 2 atom stereocenters. The van der Waals surface area contributed by atoms with Crippen LogP contribution in [0.2, 0.25) is 0 Å². The zero-order chi connectivity index (χ0) is 23.4. The van der Waals surface area contributed by atoms with Crippen molar-refractivity contribution in [1.82, 2.24) is 16.0 Å². The Morgan fingerprint density at radius 3 is 2.23 bits per heavy atom. The molecule has 172 valence electrons. The number of ether oxygens (including phenoxy) is 2. The standard InChI is InChI=1S/C21H31N3O6S/c1-5-29-19(27)15(11-14-9-7-6-8-10-14)24-18(26)16(13-31)23-17(25)12-22-20(28)30-21(2,3)4/h6-10,15-16,31H,5,11-13H2,1-4H3,(H,22,28)(H,23,25)(H,24,26)/t15-,16-/m0/s1. The molecule has 3 amide bonds. The van der Waals surface area contributed by atoms with E-state index in [1.165, 1.54) is 0 Å². The fourth-order valence-electron chi connectivity index (χ4n) is 2.46. The second-order valence-electron chi connectivity index (χ2n) is 7.66. The highest BCUT2D eigenvalue weighted by Crippen LogP contribution is 2.07. The van der Waals surface area contributed by atoms with Gasteiger partial charge >= 0.3 is 12.1 Å². The number of nitrogens with one attached hydrogen (secondary N) is 3. The van der Waals surface area contributed by atoms with Gasteiger partial charge in [0.1, 0.15) is 24.2 Å². The monoisotopic (exact) mass is 453 g/mol. The second kappa shape index (κ2) is 12.8. The number of amides is 3. The minimum atomic E-state index is -1.01. The van der Waals surface area contributed by atoms with Gasteiger partial charge in [0.05, 0.1) is 6.61 Å². The van der Waals surface area contributed by atoms with E-state index >= 15 is 0 Å². The normalized spacial score (nSPS) is 12.8. The van der Waals surface area contributed by atoms with Crippen molar-refractivity contribution in [3.05, 3.63) is 35.9 Å². The smallest absolute Gasteiger partial charge is 0.408 e. The highest BCUT2D eigenvalue weighted by molar-refractivity contribution is 7.80. The van der Waals surface area contributed by atoms with Crippen LogP contribution in [0.15, 0.2) is 30.3 Å². The number of benzene rings is 1. The predicted molar refractivity (Wildman–Crippen MR) is 119 cm³/mol. The lowest BCUT2D eigenvalue weighted by Crippen LogP contribution is -2.54. The number of carbonyl (C=O) groups excluding carboxylic acids is 4. The summed E-state index contributed by atoms with van der Waals surface area (Å²) in [5, 5.41) is 7.40. The Labute approximate surface area is 188 Å². The molecule has 0 unspecified atom stereocenters. The Hall–Kier alpha value is -2.75. The van der Waals surface area contributed by atoms with E-state index < -0.39 is 41.6 Å². The summed E-state index contributed by atoms with van der Waals surface area (Å²) in [6, 6.07) is 7.23. The Morgan fingerprint density at radius 1 is 1.03 bits per heavy atom. The molecule has 0 spiro atoms. The quantitative estimate of drug-likeness (QED) is 0.312. The van der Waals surface area contributed by atoms with E-state index in [0.29, 0.717) is 0 Å². The van der Waals surface area contributed by atoms with Crippen molar-refractivity contribution in [2.24, 2.45) is 0 Å². The van der Waals surface area contributed by atoms with E-state index in [2.05, 4.69) is 28.6 Å². The van der Waals surface area contributed by atoms with Crippen molar-refractivity contribution in [1.29, 1.82) is 0 Å². The van der Waals surface area contributed by atoms with E-state index in [4.69, 9.17) is 9.47 Å². The van der Waals surface area contributed by atoms with Gasteiger partial charge in [-0.15, -0.1) is 0 Å². The molecule has 0 aliphatic heterocycles. The molecular formula is C21H31N3O6S. The first kappa shape index (κ1) is 26.3. The summed E-state index contributed by atoms with van der Waals surface area (Å²) >= 11 is 4.11. The van der Waals surface area contributed by atoms with Crippen LogP contribution in [0.1, 0.15) is 33.3 Å². The van der Waals surface area contributed by atoms with E-state index in [9.17, 15) is 19.2 Å².